The second kappa shape index (κ2) is 8.75. The highest BCUT2D eigenvalue weighted by Crippen LogP contribution is 2.34. The molecule has 28 heavy (non-hydrogen) atoms. The first-order valence-electron chi connectivity index (χ1n) is 8.89. The molecule has 3 rings (SSSR count). The smallest absolute Gasteiger partial charge is 0.240 e. The SMILES string of the molecule is CCCOc1ccc(S(=O)(=O)NCC(O)(c2ccsc2)c2cccs2)cc1C. The second-order valence-corrected chi connectivity index (χ2v) is 9.94. The summed E-state index contributed by atoms with van der Waals surface area (Å²) in [6.45, 7) is 4.26. The van der Waals surface area contributed by atoms with Crippen molar-refractivity contribution in [2.45, 2.75) is 30.8 Å². The molecule has 2 heterocycles. The fourth-order valence-corrected chi connectivity index (χ4v) is 5.51. The summed E-state index contributed by atoms with van der Waals surface area (Å²) in [6, 6.07) is 10.2. The topological polar surface area (TPSA) is 75.6 Å². The number of thiophene rings is 2. The van der Waals surface area contributed by atoms with Crippen molar-refractivity contribution in [3.63, 3.8) is 0 Å². The van der Waals surface area contributed by atoms with Crippen molar-refractivity contribution < 1.29 is 18.3 Å². The van der Waals surface area contributed by atoms with E-state index < -0.39 is 15.6 Å². The Bertz CT molecular complexity index is 962. The van der Waals surface area contributed by atoms with Gasteiger partial charge in [-0.25, -0.2) is 13.1 Å². The van der Waals surface area contributed by atoms with Gasteiger partial charge in [0.05, 0.1) is 11.5 Å². The molecule has 0 bridgehead atoms. The van der Waals surface area contributed by atoms with Crippen LogP contribution in [-0.4, -0.2) is 26.7 Å². The van der Waals surface area contributed by atoms with Crippen LogP contribution in [-0.2, 0) is 15.6 Å². The molecular weight excluding hydrogens is 414 g/mol. The maximum atomic E-state index is 12.8. The van der Waals surface area contributed by atoms with Crippen molar-refractivity contribution in [3.05, 3.63) is 68.5 Å². The predicted molar refractivity (Wildman–Crippen MR) is 114 cm³/mol. The third kappa shape index (κ3) is 4.47. The predicted octanol–water partition coefficient (Wildman–Crippen LogP) is 4.12. The maximum Gasteiger partial charge on any atom is 0.240 e. The number of aliphatic hydroxyl groups is 1. The fourth-order valence-electron chi connectivity index (χ4n) is 2.79. The molecule has 150 valence electrons. The van der Waals surface area contributed by atoms with Gasteiger partial charge in [-0.15, -0.1) is 11.3 Å². The van der Waals surface area contributed by atoms with Crippen molar-refractivity contribution in [1.29, 1.82) is 0 Å². The van der Waals surface area contributed by atoms with Crippen LogP contribution < -0.4 is 9.46 Å². The molecule has 0 fully saturated rings. The van der Waals surface area contributed by atoms with E-state index in [-0.39, 0.29) is 11.4 Å². The number of hydrogen-bond acceptors (Lipinski definition) is 6. The van der Waals surface area contributed by atoms with Crippen LogP contribution in [0.1, 0.15) is 29.3 Å². The van der Waals surface area contributed by atoms with Crippen molar-refractivity contribution in [1.82, 2.24) is 4.72 Å². The van der Waals surface area contributed by atoms with Gasteiger partial charge in [-0.1, -0.05) is 13.0 Å². The van der Waals surface area contributed by atoms with Gasteiger partial charge >= 0.3 is 0 Å². The van der Waals surface area contributed by atoms with E-state index in [0.29, 0.717) is 22.8 Å². The van der Waals surface area contributed by atoms with Gasteiger partial charge in [0.2, 0.25) is 10.0 Å². The summed E-state index contributed by atoms with van der Waals surface area (Å²) in [5.74, 6) is 0.675. The molecule has 0 spiro atoms. The van der Waals surface area contributed by atoms with Crippen LogP contribution in [0.15, 0.2) is 57.4 Å². The first kappa shape index (κ1) is 21.0. The van der Waals surface area contributed by atoms with Gasteiger partial charge in [-0.05, 0) is 65.4 Å². The Hall–Kier alpha value is -1.71. The minimum absolute atomic E-state index is 0.146. The summed E-state index contributed by atoms with van der Waals surface area (Å²) < 4.78 is 33.9. The van der Waals surface area contributed by atoms with E-state index in [4.69, 9.17) is 4.74 Å². The quantitative estimate of drug-likeness (QED) is 0.528. The van der Waals surface area contributed by atoms with Gasteiger partial charge in [-0.3, -0.25) is 0 Å². The highest BCUT2D eigenvalue weighted by molar-refractivity contribution is 7.89. The molecule has 2 aromatic heterocycles. The van der Waals surface area contributed by atoms with Crippen LogP contribution >= 0.6 is 22.7 Å². The van der Waals surface area contributed by atoms with E-state index >= 15 is 0 Å². The van der Waals surface area contributed by atoms with Crippen LogP contribution in [0.5, 0.6) is 5.75 Å². The normalized spacial score (nSPS) is 14.0. The Morgan fingerprint density at radius 1 is 1.21 bits per heavy atom. The summed E-state index contributed by atoms with van der Waals surface area (Å²) in [6.07, 6.45) is 0.880. The van der Waals surface area contributed by atoms with Crippen molar-refractivity contribution in [2.75, 3.05) is 13.2 Å². The van der Waals surface area contributed by atoms with Crippen LogP contribution in [0.2, 0.25) is 0 Å². The largest absolute Gasteiger partial charge is 0.493 e. The number of benzene rings is 1. The first-order chi connectivity index (χ1) is 13.4. The average Bonchev–Trinajstić information content (AvgIpc) is 3.39. The first-order valence-corrected chi connectivity index (χ1v) is 12.2. The molecule has 1 aromatic carbocycles. The van der Waals surface area contributed by atoms with E-state index in [1.807, 2.05) is 42.1 Å². The Labute approximate surface area is 173 Å². The lowest BCUT2D eigenvalue weighted by atomic mass is 9.95. The van der Waals surface area contributed by atoms with Gasteiger partial charge < -0.3 is 9.84 Å². The van der Waals surface area contributed by atoms with Gasteiger partial charge in [0.25, 0.3) is 0 Å². The van der Waals surface area contributed by atoms with Crippen LogP contribution in [0, 0.1) is 6.92 Å². The van der Waals surface area contributed by atoms with E-state index in [9.17, 15) is 13.5 Å². The van der Waals surface area contributed by atoms with E-state index in [2.05, 4.69) is 4.72 Å². The van der Waals surface area contributed by atoms with Crippen molar-refractivity contribution in [3.8, 4) is 5.75 Å². The number of nitrogens with one attached hydrogen (secondary N) is 1. The number of sulfonamides is 1. The van der Waals surface area contributed by atoms with Crippen LogP contribution in [0.3, 0.4) is 0 Å². The third-order valence-electron chi connectivity index (χ3n) is 4.36. The number of hydrogen-bond donors (Lipinski definition) is 2. The molecule has 0 saturated carbocycles. The van der Waals surface area contributed by atoms with Crippen LogP contribution in [0.4, 0.5) is 0 Å². The highest BCUT2D eigenvalue weighted by Gasteiger charge is 2.34. The Morgan fingerprint density at radius 3 is 2.64 bits per heavy atom. The van der Waals surface area contributed by atoms with Gasteiger partial charge in [0, 0.05) is 17.0 Å². The van der Waals surface area contributed by atoms with E-state index in [1.165, 1.54) is 28.7 Å². The lowest BCUT2D eigenvalue weighted by Crippen LogP contribution is -2.40. The molecule has 8 heteroatoms. The summed E-state index contributed by atoms with van der Waals surface area (Å²) in [5.41, 5.74) is 0.00492. The average molecular weight is 438 g/mol. The summed E-state index contributed by atoms with van der Waals surface area (Å²) in [7, 11) is -3.79. The molecule has 0 aliphatic carbocycles. The summed E-state index contributed by atoms with van der Waals surface area (Å²) in [4.78, 5) is 0.834. The van der Waals surface area contributed by atoms with Gasteiger partial charge in [0.1, 0.15) is 11.4 Å². The van der Waals surface area contributed by atoms with Gasteiger partial charge in [-0.2, -0.15) is 11.3 Å². The van der Waals surface area contributed by atoms with Crippen LogP contribution in [0.25, 0.3) is 0 Å². The highest BCUT2D eigenvalue weighted by atomic mass is 32.2. The minimum Gasteiger partial charge on any atom is -0.493 e. The van der Waals surface area contributed by atoms with Crippen molar-refractivity contribution in [2.24, 2.45) is 0 Å². The Morgan fingerprint density at radius 2 is 2.04 bits per heavy atom. The summed E-state index contributed by atoms with van der Waals surface area (Å²) >= 11 is 2.85. The molecule has 3 aromatic rings. The summed E-state index contributed by atoms with van der Waals surface area (Å²) in [5, 5.41) is 16.9. The molecule has 2 N–H and O–H groups in total. The molecule has 5 nitrogen and oxygen atoms in total. The van der Waals surface area contributed by atoms with Gasteiger partial charge in [0.15, 0.2) is 0 Å². The molecule has 1 unspecified atom stereocenters. The molecule has 0 aliphatic rings. The maximum absolute atomic E-state index is 12.8. The fraction of sp³-hybridized carbons (Fsp3) is 0.300. The minimum atomic E-state index is -3.79. The Kier molecular flexibility index (Phi) is 6.57. The zero-order valence-electron chi connectivity index (χ0n) is 15.7. The second-order valence-electron chi connectivity index (χ2n) is 6.45. The lowest BCUT2D eigenvalue weighted by Gasteiger charge is -2.27. The van der Waals surface area contributed by atoms with Crippen molar-refractivity contribution >= 4 is 32.7 Å². The van der Waals surface area contributed by atoms with E-state index in [1.54, 1.807) is 18.2 Å². The molecular formula is C20H23NO4S3. The molecule has 1 atom stereocenters. The number of aryl methyl sites for hydroxylation is 1. The zero-order chi connectivity index (χ0) is 20.2. The third-order valence-corrected chi connectivity index (χ3v) is 7.47. The molecule has 0 radical (unpaired) electrons. The van der Waals surface area contributed by atoms with E-state index in [0.717, 1.165) is 12.0 Å². The molecule has 0 aliphatic heterocycles. The number of ether oxygens (including phenoxy) is 1. The standard InChI is InChI=1S/C20H23NO4S3/c1-3-9-25-18-7-6-17(12-15(18)2)28(23,24)21-14-20(22,16-8-11-26-13-16)19-5-4-10-27-19/h4-8,10-13,21-22H,3,9,14H2,1-2H3. The number of rotatable bonds is 9. The Balaban J connectivity index is 1.83. The molecule has 0 saturated heterocycles. The molecule has 0 amide bonds. The lowest BCUT2D eigenvalue weighted by molar-refractivity contribution is 0.0903. The zero-order valence-corrected chi connectivity index (χ0v) is 18.2. The monoisotopic (exact) mass is 437 g/mol.